The number of rotatable bonds is 10. The Balaban J connectivity index is 3.06. The summed E-state index contributed by atoms with van der Waals surface area (Å²) in [5.74, 6) is 1.08. The van der Waals surface area contributed by atoms with Gasteiger partial charge in [0.05, 0.1) is 5.69 Å². The van der Waals surface area contributed by atoms with E-state index in [2.05, 4.69) is 25.3 Å². The van der Waals surface area contributed by atoms with Crippen molar-refractivity contribution in [2.75, 3.05) is 0 Å². The zero-order chi connectivity index (χ0) is 15.0. The second kappa shape index (κ2) is 9.17. The lowest BCUT2D eigenvalue weighted by atomic mass is 10.1. The lowest BCUT2D eigenvalue weighted by molar-refractivity contribution is 0.117. The van der Waals surface area contributed by atoms with Crippen LogP contribution in [0.15, 0.2) is 0 Å². The van der Waals surface area contributed by atoms with Crippen LogP contribution in [0.1, 0.15) is 89.7 Å². The van der Waals surface area contributed by atoms with Crippen molar-refractivity contribution >= 4 is 0 Å². The molecule has 0 spiro atoms. The fraction of sp³-hybridized carbons (Fsp3) is 0.824. The van der Waals surface area contributed by atoms with Gasteiger partial charge >= 0.3 is 0 Å². The zero-order valence-corrected chi connectivity index (χ0v) is 13.8. The first-order valence-corrected chi connectivity index (χ1v) is 8.42. The maximum absolute atomic E-state index is 10.1. The minimum Gasteiger partial charge on any atom is -0.374 e. The summed E-state index contributed by atoms with van der Waals surface area (Å²) in [6.07, 6.45) is 9.65. The largest absolute Gasteiger partial charge is 0.374 e. The highest BCUT2D eigenvalue weighted by molar-refractivity contribution is 5.19. The number of aliphatic hydroxyl groups excluding tert-OH is 1. The Morgan fingerprint density at radius 1 is 0.950 bits per heavy atom. The molecule has 1 unspecified atom stereocenters. The van der Waals surface area contributed by atoms with Gasteiger partial charge in [-0.1, -0.05) is 40.0 Å². The van der Waals surface area contributed by atoms with Gasteiger partial charge in [-0.3, -0.25) is 0 Å². The molecule has 116 valence electrons. The number of imidazole rings is 1. The Hall–Kier alpha value is -0.830. The summed E-state index contributed by atoms with van der Waals surface area (Å²) in [6, 6.07) is 0. The van der Waals surface area contributed by atoms with Crippen LogP contribution in [0, 0.1) is 0 Å². The van der Waals surface area contributed by atoms with Gasteiger partial charge in [0.1, 0.15) is 12.1 Å². The molecule has 1 N–H and O–H groups in total. The second-order valence-electron chi connectivity index (χ2n) is 5.73. The van der Waals surface area contributed by atoms with Gasteiger partial charge < -0.3 is 9.67 Å². The third-order valence-electron chi connectivity index (χ3n) is 3.83. The SMILES string of the molecule is CCCCc1nc(CCCC)n(C(C)O)c1CCCC. The first-order chi connectivity index (χ1) is 9.65. The summed E-state index contributed by atoms with van der Waals surface area (Å²) in [6.45, 7) is 8.49. The minimum absolute atomic E-state index is 0.461. The lowest BCUT2D eigenvalue weighted by Crippen LogP contribution is -2.12. The van der Waals surface area contributed by atoms with E-state index in [9.17, 15) is 5.11 Å². The summed E-state index contributed by atoms with van der Waals surface area (Å²) >= 11 is 0. The van der Waals surface area contributed by atoms with Crippen LogP contribution in [0.2, 0.25) is 0 Å². The van der Waals surface area contributed by atoms with Crippen LogP contribution < -0.4 is 0 Å². The van der Waals surface area contributed by atoms with E-state index in [0.29, 0.717) is 0 Å². The maximum Gasteiger partial charge on any atom is 0.129 e. The molecule has 1 rings (SSSR count). The van der Waals surface area contributed by atoms with E-state index in [1.54, 1.807) is 0 Å². The molecule has 0 aliphatic rings. The zero-order valence-electron chi connectivity index (χ0n) is 13.8. The van der Waals surface area contributed by atoms with Gasteiger partial charge in [0.2, 0.25) is 0 Å². The van der Waals surface area contributed by atoms with E-state index in [1.807, 2.05) is 6.92 Å². The smallest absolute Gasteiger partial charge is 0.129 e. The molecule has 20 heavy (non-hydrogen) atoms. The van der Waals surface area contributed by atoms with Crippen LogP contribution in [0.25, 0.3) is 0 Å². The van der Waals surface area contributed by atoms with Crippen LogP contribution in [0.5, 0.6) is 0 Å². The van der Waals surface area contributed by atoms with Crippen molar-refractivity contribution in [2.24, 2.45) is 0 Å². The van der Waals surface area contributed by atoms with Crippen LogP contribution in [0.4, 0.5) is 0 Å². The Bertz CT molecular complexity index is 383. The highest BCUT2D eigenvalue weighted by atomic mass is 16.3. The molecule has 0 saturated carbocycles. The molecule has 1 heterocycles. The standard InChI is InChI=1S/C17H32N2O/c1-5-8-11-15-16(12-9-6-2)19(14(4)20)17(18-15)13-10-7-3/h14,20H,5-13H2,1-4H3. The van der Waals surface area contributed by atoms with Crippen molar-refractivity contribution in [3.8, 4) is 0 Å². The molecule has 0 aromatic carbocycles. The molecule has 3 heteroatoms. The van der Waals surface area contributed by atoms with Crippen molar-refractivity contribution in [2.45, 2.75) is 91.7 Å². The minimum atomic E-state index is -0.461. The number of hydrogen-bond acceptors (Lipinski definition) is 2. The summed E-state index contributed by atoms with van der Waals surface area (Å²) < 4.78 is 2.09. The molecule has 3 nitrogen and oxygen atoms in total. The predicted molar refractivity (Wildman–Crippen MR) is 85.0 cm³/mol. The molecular weight excluding hydrogens is 248 g/mol. The van der Waals surface area contributed by atoms with Crippen LogP contribution in [-0.4, -0.2) is 14.7 Å². The van der Waals surface area contributed by atoms with Gasteiger partial charge in [-0.25, -0.2) is 4.98 Å². The fourth-order valence-electron chi connectivity index (χ4n) is 2.67. The molecule has 1 atom stereocenters. The number of aromatic nitrogens is 2. The van der Waals surface area contributed by atoms with E-state index in [4.69, 9.17) is 4.98 Å². The third kappa shape index (κ3) is 4.62. The van der Waals surface area contributed by atoms with Crippen molar-refractivity contribution < 1.29 is 5.11 Å². The van der Waals surface area contributed by atoms with Gasteiger partial charge in [-0.15, -0.1) is 0 Å². The predicted octanol–water partition coefficient (Wildman–Crippen LogP) is 4.42. The van der Waals surface area contributed by atoms with Gasteiger partial charge in [-0.2, -0.15) is 0 Å². The maximum atomic E-state index is 10.1. The average molecular weight is 280 g/mol. The second-order valence-corrected chi connectivity index (χ2v) is 5.73. The molecule has 0 aliphatic carbocycles. The summed E-state index contributed by atoms with van der Waals surface area (Å²) in [5.41, 5.74) is 2.51. The van der Waals surface area contributed by atoms with Crippen molar-refractivity contribution in [1.29, 1.82) is 0 Å². The first kappa shape index (κ1) is 17.2. The van der Waals surface area contributed by atoms with E-state index < -0.39 is 6.23 Å². The first-order valence-electron chi connectivity index (χ1n) is 8.42. The van der Waals surface area contributed by atoms with Gasteiger partial charge in [0.25, 0.3) is 0 Å². The molecule has 1 aromatic rings. The molecule has 0 amide bonds. The van der Waals surface area contributed by atoms with E-state index in [0.717, 1.165) is 31.5 Å². The van der Waals surface area contributed by atoms with Crippen LogP contribution in [0.3, 0.4) is 0 Å². The van der Waals surface area contributed by atoms with Crippen molar-refractivity contribution in [1.82, 2.24) is 9.55 Å². The third-order valence-corrected chi connectivity index (χ3v) is 3.83. The monoisotopic (exact) mass is 280 g/mol. The molecule has 0 saturated heterocycles. The summed E-state index contributed by atoms with van der Waals surface area (Å²) in [7, 11) is 0. The normalized spacial score (nSPS) is 12.8. The van der Waals surface area contributed by atoms with Gasteiger partial charge in [0.15, 0.2) is 0 Å². The van der Waals surface area contributed by atoms with Gasteiger partial charge in [0, 0.05) is 12.1 Å². The molecular formula is C17H32N2O. The molecule has 0 fully saturated rings. The Kier molecular flexibility index (Phi) is 7.90. The summed E-state index contributed by atoms with van der Waals surface area (Å²) in [4.78, 5) is 4.86. The highest BCUT2D eigenvalue weighted by Crippen LogP contribution is 2.22. The van der Waals surface area contributed by atoms with E-state index in [1.165, 1.54) is 43.5 Å². The Labute approximate surface area is 124 Å². The number of unbranched alkanes of at least 4 members (excludes halogenated alkanes) is 3. The van der Waals surface area contributed by atoms with E-state index >= 15 is 0 Å². The van der Waals surface area contributed by atoms with Crippen molar-refractivity contribution in [3.05, 3.63) is 17.2 Å². The van der Waals surface area contributed by atoms with Crippen molar-refractivity contribution in [3.63, 3.8) is 0 Å². The van der Waals surface area contributed by atoms with Crippen LogP contribution in [-0.2, 0) is 19.3 Å². The molecule has 0 radical (unpaired) electrons. The molecule has 0 bridgehead atoms. The molecule has 0 aliphatic heterocycles. The van der Waals surface area contributed by atoms with Gasteiger partial charge in [-0.05, 0) is 39.0 Å². The lowest BCUT2D eigenvalue weighted by Gasteiger charge is -2.15. The average Bonchev–Trinajstić information content (AvgIpc) is 2.78. The Morgan fingerprint density at radius 2 is 1.50 bits per heavy atom. The topological polar surface area (TPSA) is 38.0 Å². The van der Waals surface area contributed by atoms with Crippen LogP contribution >= 0.6 is 0 Å². The number of aliphatic hydroxyl groups is 1. The number of aryl methyl sites for hydroxylation is 2. The quantitative estimate of drug-likeness (QED) is 0.689. The number of hydrogen-bond donors (Lipinski definition) is 1. The van der Waals surface area contributed by atoms with E-state index in [-0.39, 0.29) is 0 Å². The number of nitrogens with zero attached hydrogens (tertiary/aromatic N) is 2. The fourth-order valence-corrected chi connectivity index (χ4v) is 2.67. The Morgan fingerprint density at radius 3 is 2.05 bits per heavy atom. The highest BCUT2D eigenvalue weighted by Gasteiger charge is 2.18. The summed E-state index contributed by atoms with van der Waals surface area (Å²) in [5, 5.41) is 10.1. The molecule has 1 aromatic heterocycles.